The summed E-state index contributed by atoms with van der Waals surface area (Å²) in [5.41, 5.74) is 8.61. The Morgan fingerprint density at radius 1 is 1.14 bits per heavy atom. The number of aryl methyl sites for hydroxylation is 1. The highest BCUT2D eigenvalue weighted by molar-refractivity contribution is 8.00. The number of nitrogen functional groups attached to an aromatic ring is 1. The summed E-state index contributed by atoms with van der Waals surface area (Å²) in [5, 5.41) is 31.3. The fraction of sp³-hybridized carbons (Fsp3) is 0.192. The van der Waals surface area contributed by atoms with E-state index < -0.39 is 17.1 Å². The van der Waals surface area contributed by atoms with Crippen LogP contribution in [0.3, 0.4) is 0 Å². The summed E-state index contributed by atoms with van der Waals surface area (Å²) in [6, 6.07) is 15.8. The number of carboxylic acid groups (broad SMARTS) is 1. The van der Waals surface area contributed by atoms with Gasteiger partial charge >= 0.3 is 5.97 Å². The van der Waals surface area contributed by atoms with Gasteiger partial charge in [-0.2, -0.15) is 10.5 Å². The van der Waals surface area contributed by atoms with Crippen molar-refractivity contribution in [2.45, 2.75) is 37.0 Å². The summed E-state index contributed by atoms with van der Waals surface area (Å²) < 4.78 is 0. The van der Waals surface area contributed by atoms with Crippen molar-refractivity contribution in [1.82, 2.24) is 4.98 Å². The Bertz CT molecular complexity index is 1410. The zero-order valence-corrected chi connectivity index (χ0v) is 21.1. The molecular formula is C26H22ClN5O3S. The lowest BCUT2D eigenvalue weighted by Gasteiger charge is -2.18. The molecule has 0 aliphatic heterocycles. The smallest absolute Gasteiger partial charge is 0.337 e. The number of thioether (sulfide) groups is 1. The Morgan fingerprint density at radius 3 is 2.36 bits per heavy atom. The minimum atomic E-state index is -1.21. The van der Waals surface area contributed by atoms with E-state index >= 15 is 0 Å². The van der Waals surface area contributed by atoms with Gasteiger partial charge in [-0.15, -0.1) is 0 Å². The molecule has 1 unspecified atom stereocenters. The first-order chi connectivity index (χ1) is 17.2. The molecule has 36 heavy (non-hydrogen) atoms. The summed E-state index contributed by atoms with van der Waals surface area (Å²) >= 11 is 6.96. The average Bonchev–Trinajstić information content (AvgIpc) is 2.87. The molecule has 0 aliphatic rings. The topological polar surface area (TPSA) is 153 Å². The lowest BCUT2D eigenvalue weighted by Crippen LogP contribution is -2.25. The van der Waals surface area contributed by atoms with Crippen LogP contribution >= 0.6 is 23.4 Å². The SMILES string of the molecule is CCc1ccc(-c2c(C#N)c(N)nc(SC(CC)C(=O)Nc3ccc(Cl)c(C(=O)O)c3)c2C#N)cc1. The number of aromatic carboxylic acids is 1. The molecule has 0 fully saturated rings. The third-order valence-corrected chi connectivity index (χ3v) is 7.13. The molecule has 182 valence electrons. The fourth-order valence-corrected chi connectivity index (χ4v) is 4.74. The van der Waals surface area contributed by atoms with E-state index in [-0.39, 0.29) is 38.2 Å². The van der Waals surface area contributed by atoms with Gasteiger partial charge < -0.3 is 16.2 Å². The number of carbonyl (C=O) groups excluding carboxylic acids is 1. The van der Waals surface area contributed by atoms with Gasteiger partial charge in [0.1, 0.15) is 28.5 Å². The molecule has 1 aromatic heterocycles. The highest BCUT2D eigenvalue weighted by atomic mass is 35.5. The number of rotatable bonds is 8. The van der Waals surface area contributed by atoms with E-state index in [4.69, 9.17) is 17.3 Å². The molecule has 0 saturated heterocycles. The second kappa shape index (κ2) is 11.6. The Morgan fingerprint density at radius 2 is 1.81 bits per heavy atom. The summed E-state index contributed by atoms with van der Waals surface area (Å²) in [7, 11) is 0. The van der Waals surface area contributed by atoms with Gasteiger partial charge in [0, 0.05) is 11.3 Å². The Labute approximate surface area is 217 Å². The maximum atomic E-state index is 13.0. The van der Waals surface area contributed by atoms with Gasteiger partial charge in [-0.05, 0) is 42.2 Å². The van der Waals surface area contributed by atoms with Gasteiger partial charge in [-0.25, -0.2) is 9.78 Å². The fourth-order valence-electron chi connectivity index (χ4n) is 3.53. The van der Waals surface area contributed by atoms with Gasteiger partial charge in [-0.1, -0.05) is 61.5 Å². The van der Waals surface area contributed by atoms with Crippen LogP contribution in [0.2, 0.25) is 5.02 Å². The lowest BCUT2D eigenvalue weighted by molar-refractivity contribution is -0.115. The van der Waals surface area contributed by atoms with Crippen LogP contribution in [-0.2, 0) is 11.2 Å². The van der Waals surface area contributed by atoms with Crippen LogP contribution in [-0.4, -0.2) is 27.2 Å². The molecule has 0 saturated carbocycles. The summed E-state index contributed by atoms with van der Waals surface area (Å²) in [6.45, 7) is 3.82. The first-order valence-electron chi connectivity index (χ1n) is 11.0. The largest absolute Gasteiger partial charge is 0.478 e. The predicted octanol–water partition coefficient (Wildman–Crippen LogP) is 5.50. The van der Waals surface area contributed by atoms with E-state index in [1.165, 1.54) is 18.2 Å². The van der Waals surface area contributed by atoms with E-state index in [1.807, 2.05) is 37.3 Å². The molecule has 0 radical (unpaired) electrons. The number of nitrogens with two attached hydrogens (primary N) is 1. The van der Waals surface area contributed by atoms with Crippen LogP contribution in [0, 0.1) is 22.7 Å². The second-order valence-electron chi connectivity index (χ2n) is 7.71. The lowest BCUT2D eigenvalue weighted by atomic mass is 9.96. The van der Waals surface area contributed by atoms with Gasteiger partial charge in [0.05, 0.1) is 21.4 Å². The summed E-state index contributed by atoms with van der Waals surface area (Å²) in [6.07, 6.45) is 1.22. The van der Waals surface area contributed by atoms with Gasteiger partial charge in [0.25, 0.3) is 0 Å². The van der Waals surface area contributed by atoms with Gasteiger partial charge in [-0.3, -0.25) is 4.79 Å². The molecule has 1 amide bonds. The molecule has 0 aliphatic carbocycles. The van der Waals surface area contributed by atoms with Crippen molar-refractivity contribution >= 4 is 46.7 Å². The van der Waals surface area contributed by atoms with E-state index in [9.17, 15) is 25.2 Å². The number of benzene rings is 2. The average molecular weight is 520 g/mol. The minimum absolute atomic E-state index is 0.0346. The number of pyridine rings is 1. The van der Waals surface area contributed by atoms with Crippen LogP contribution in [0.5, 0.6) is 0 Å². The minimum Gasteiger partial charge on any atom is -0.478 e. The highest BCUT2D eigenvalue weighted by Crippen LogP contribution is 2.38. The van der Waals surface area contributed by atoms with E-state index in [1.54, 1.807) is 6.92 Å². The summed E-state index contributed by atoms with van der Waals surface area (Å²) in [4.78, 5) is 28.7. The Kier molecular flexibility index (Phi) is 8.55. The van der Waals surface area contributed by atoms with Crippen molar-refractivity contribution in [3.8, 4) is 23.3 Å². The standard InChI is InChI=1S/C26H22ClN5O3S/c1-3-14-5-7-15(8-6-14)22-18(12-28)23(30)32-25(19(22)13-29)36-21(4-2)24(33)31-16-9-10-20(27)17(11-16)26(34)35/h5-11,21H,3-4H2,1-2H3,(H2,30,32)(H,31,33)(H,34,35). The van der Waals surface area contributed by atoms with Crippen LogP contribution in [0.4, 0.5) is 11.5 Å². The van der Waals surface area contributed by atoms with Crippen LogP contribution < -0.4 is 11.1 Å². The first-order valence-corrected chi connectivity index (χ1v) is 12.2. The third kappa shape index (κ3) is 5.60. The Hall–Kier alpha value is -4.05. The molecular weight excluding hydrogens is 498 g/mol. The van der Waals surface area contributed by atoms with E-state index in [0.717, 1.165) is 23.7 Å². The normalized spacial score (nSPS) is 11.2. The molecule has 3 aromatic rings. The van der Waals surface area contributed by atoms with Crippen molar-refractivity contribution < 1.29 is 14.7 Å². The van der Waals surface area contributed by atoms with Gasteiger partial charge in [0.15, 0.2) is 0 Å². The molecule has 1 atom stereocenters. The van der Waals surface area contributed by atoms with Crippen molar-refractivity contribution in [2.75, 3.05) is 11.1 Å². The number of carboxylic acids is 1. The number of hydrogen-bond donors (Lipinski definition) is 3. The molecule has 8 nitrogen and oxygen atoms in total. The maximum absolute atomic E-state index is 13.0. The number of nitriles is 2. The molecule has 4 N–H and O–H groups in total. The zero-order chi connectivity index (χ0) is 26.4. The van der Waals surface area contributed by atoms with Gasteiger partial charge in [0.2, 0.25) is 5.91 Å². The van der Waals surface area contributed by atoms with Crippen molar-refractivity contribution in [1.29, 1.82) is 10.5 Å². The molecule has 3 rings (SSSR count). The van der Waals surface area contributed by atoms with E-state index in [2.05, 4.69) is 16.4 Å². The molecule has 2 aromatic carbocycles. The maximum Gasteiger partial charge on any atom is 0.337 e. The quantitative estimate of drug-likeness (QED) is 0.330. The molecule has 1 heterocycles. The Balaban J connectivity index is 1.99. The zero-order valence-electron chi connectivity index (χ0n) is 19.5. The molecule has 0 bridgehead atoms. The number of anilines is 2. The summed E-state index contributed by atoms with van der Waals surface area (Å²) in [5.74, 6) is -1.66. The number of carbonyl (C=O) groups is 2. The van der Waals surface area contributed by atoms with Crippen molar-refractivity contribution in [3.05, 3.63) is 69.7 Å². The van der Waals surface area contributed by atoms with Crippen molar-refractivity contribution in [3.63, 3.8) is 0 Å². The number of amides is 1. The molecule has 10 heteroatoms. The monoisotopic (exact) mass is 519 g/mol. The first kappa shape index (κ1) is 26.6. The van der Waals surface area contributed by atoms with Crippen LogP contribution in [0.15, 0.2) is 47.5 Å². The second-order valence-corrected chi connectivity index (χ2v) is 9.30. The third-order valence-electron chi connectivity index (χ3n) is 5.45. The highest BCUT2D eigenvalue weighted by Gasteiger charge is 2.26. The van der Waals surface area contributed by atoms with Crippen LogP contribution in [0.1, 0.15) is 47.3 Å². The number of hydrogen-bond acceptors (Lipinski definition) is 7. The van der Waals surface area contributed by atoms with E-state index in [0.29, 0.717) is 17.5 Å². The predicted molar refractivity (Wildman–Crippen MR) is 140 cm³/mol. The number of halogens is 1. The number of nitrogens with zero attached hydrogens (tertiary/aromatic N) is 3. The number of aromatic nitrogens is 1. The van der Waals surface area contributed by atoms with Crippen LogP contribution in [0.25, 0.3) is 11.1 Å². The van der Waals surface area contributed by atoms with Crippen molar-refractivity contribution in [2.24, 2.45) is 0 Å². The molecule has 0 spiro atoms. The number of nitrogens with one attached hydrogen (secondary N) is 1.